The first-order valence-corrected chi connectivity index (χ1v) is 5.71. The first kappa shape index (κ1) is 12.0. The summed E-state index contributed by atoms with van der Waals surface area (Å²) in [4.78, 5) is 11.0. The Balaban J connectivity index is 2.38. The Labute approximate surface area is 98.3 Å². The van der Waals surface area contributed by atoms with Crippen LogP contribution in [0.5, 0.6) is 0 Å². The highest BCUT2D eigenvalue weighted by molar-refractivity contribution is 5.89. The van der Waals surface area contributed by atoms with Gasteiger partial charge in [-0.3, -0.25) is 0 Å². The second-order valence-electron chi connectivity index (χ2n) is 4.44. The Morgan fingerprint density at radius 2 is 1.94 bits per heavy atom. The fourth-order valence-corrected chi connectivity index (χ4v) is 2.38. The van der Waals surface area contributed by atoms with E-state index in [9.17, 15) is 13.6 Å². The molecular weight excluding hydrogens is 226 g/mol. The van der Waals surface area contributed by atoms with Crippen LogP contribution in [-0.4, -0.2) is 17.5 Å². The van der Waals surface area contributed by atoms with Gasteiger partial charge in [-0.15, -0.1) is 0 Å². The average Bonchev–Trinajstić information content (AvgIpc) is 2.22. The van der Waals surface area contributed by atoms with Crippen molar-refractivity contribution in [2.75, 3.05) is 0 Å². The molecule has 0 aromatic heterocycles. The van der Waals surface area contributed by atoms with Gasteiger partial charge < -0.3 is 5.11 Å². The molecule has 1 saturated carbocycles. The highest BCUT2D eigenvalue weighted by Crippen LogP contribution is 2.43. The molecule has 0 bridgehead atoms. The number of carboxylic acids is 1. The number of carbonyl (C=O) groups is 1. The van der Waals surface area contributed by atoms with Gasteiger partial charge in [0, 0.05) is 5.92 Å². The SMILES string of the molecule is O=C(O)c1ccccc1C(C(F)F)C1CCC1. The van der Waals surface area contributed by atoms with E-state index in [1.54, 1.807) is 12.1 Å². The normalized spacial score (nSPS) is 17.8. The number of aromatic carboxylic acids is 1. The van der Waals surface area contributed by atoms with Gasteiger partial charge in [0.2, 0.25) is 6.43 Å². The topological polar surface area (TPSA) is 37.3 Å². The van der Waals surface area contributed by atoms with Gasteiger partial charge in [-0.1, -0.05) is 24.6 Å². The largest absolute Gasteiger partial charge is 0.478 e. The van der Waals surface area contributed by atoms with E-state index >= 15 is 0 Å². The number of alkyl halides is 2. The molecule has 1 unspecified atom stereocenters. The van der Waals surface area contributed by atoms with Gasteiger partial charge in [0.1, 0.15) is 0 Å². The average molecular weight is 240 g/mol. The van der Waals surface area contributed by atoms with Crippen molar-refractivity contribution in [1.82, 2.24) is 0 Å². The van der Waals surface area contributed by atoms with E-state index in [-0.39, 0.29) is 17.0 Å². The second kappa shape index (κ2) is 4.82. The number of benzene rings is 1. The fraction of sp³-hybridized carbons (Fsp3) is 0.462. The maximum absolute atomic E-state index is 13.1. The summed E-state index contributed by atoms with van der Waals surface area (Å²) in [7, 11) is 0. The summed E-state index contributed by atoms with van der Waals surface area (Å²) in [5, 5.41) is 9.02. The highest BCUT2D eigenvalue weighted by Gasteiger charge is 2.36. The predicted octanol–water partition coefficient (Wildman–Crippen LogP) is 3.53. The van der Waals surface area contributed by atoms with Crippen LogP contribution in [0, 0.1) is 5.92 Å². The van der Waals surface area contributed by atoms with E-state index in [0.29, 0.717) is 0 Å². The van der Waals surface area contributed by atoms with E-state index in [1.165, 1.54) is 12.1 Å². The predicted molar refractivity (Wildman–Crippen MR) is 59.5 cm³/mol. The Kier molecular flexibility index (Phi) is 3.41. The lowest BCUT2D eigenvalue weighted by Crippen LogP contribution is -2.27. The summed E-state index contributed by atoms with van der Waals surface area (Å²) >= 11 is 0. The van der Waals surface area contributed by atoms with Gasteiger partial charge >= 0.3 is 5.97 Å². The molecule has 1 N–H and O–H groups in total. The molecule has 0 amide bonds. The Bertz CT molecular complexity index is 414. The lowest BCUT2D eigenvalue weighted by Gasteiger charge is -2.34. The van der Waals surface area contributed by atoms with Crippen LogP contribution in [0.3, 0.4) is 0 Å². The quantitative estimate of drug-likeness (QED) is 0.874. The van der Waals surface area contributed by atoms with E-state index in [2.05, 4.69) is 0 Å². The monoisotopic (exact) mass is 240 g/mol. The van der Waals surface area contributed by atoms with E-state index in [4.69, 9.17) is 5.11 Å². The zero-order valence-electron chi connectivity index (χ0n) is 9.27. The smallest absolute Gasteiger partial charge is 0.335 e. The van der Waals surface area contributed by atoms with Gasteiger partial charge in [0.05, 0.1) is 5.56 Å². The van der Waals surface area contributed by atoms with Crippen LogP contribution >= 0.6 is 0 Å². The highest BCUT2D eigenvalue weighted by atomic mass is 19.3. The van der Waals surface area contributed by atoms with Crippen molar-refractivity contribution in [2.45, 2.75) is 31.6 Å². The van der Waals surface area contributed by atoms with E-state index < -0.39 is 18.3 Å². The number of rotatable bonds is 4. The number of hydrogen-bond donors (Lipinski definition) is 1. The maximum Gasteiger partial charge on any atom is 0.335 e. The van der Waals surface area contributed by atoms with Crippen molar-refractivity contribution in [3.63, 3.8) is 0 Å². The van der Waals surface area contributed by atoms with Gasteiger partial charge in [0.25, 0.3) is 0 Å². The minimum atomic E-state index is -2.50. The van der Waals surface area contributed by atoms with Crippen molar-refractivity contribution in [1.29, 1.82) is 0 Å². The molecule has 4 heteroatoms. The molecule has 0 saturated heterocycles. The van der Waals surface area contributed by atoms with Gasteiger partial charge in [-0.2, -0.15) is 0 Å². The van der Waals surface area contributed by atoms with Crippen LogP contribution in [-0.2, 0) is 0 Å². The molecule has 0 spiro atoms. The maximum atomic E-state index is 13.1. The number of carboxylic acid groups (broad SMARTS) is 1. The molecule has 1 fully saturated rings. The van der Waals surface area contributed by atoms with Crippen molar-refractivity contribution in [2.24, 2.45) is 5.92 Å². The first-order valence-electron chi connectivity index (χ1n) is 5.71. The Hall–Kier alpha value is -1.45. The lowest BCUT2D eigenvalue weighted by molar-refractivity contribution is 0.0589. The van der Waals surface area contributed by atoms with Crippen molar-refractivity contribution in [3.8, 4) is 0 Å². The molecule has 1 aliphatic carbocycles. The zero-order chi connectivity index (χ0) is 12.4. The molecular formula is C13H14F2O2. The summed E-state index contributed by atoms with van der Waals surface area (Å²) in [6.07, 6.45) is -0.00417. The fourth-order valence-electron chi connectivity index (χ4n) is 2.38. The van der Waals surface area contributed by atoms with E-state index in [1.807, 2.05) is 0 Å². The third kappa shape index (κ3) is 2.30. The third-order valence-corrected chi connectivity index (χ3v) is 3.48. The minimum absolute atomic E-state index is 0.00435. The standard InChI is InChI=1S/C13H14F2O2/c14-12(15)11(8-4-3-5-8)9-6-1-2-7-10(9)13(16)17/h1-2,6-8,11-12H,3-5H2,(H,16,17). The van der Waals surface area contributed by atoms with Gasteiger partial charge in [0.15, 0.2) is 0 Å². The number of halogens is 2. The molecule has 0 aliphatic heterocycles. The van der Waals surface area contributed by atoms with Gasteiger partial charge in [-0.05, 0) is 30.4 Å². The molecule has 1 aliphatic rings. The Morgan fingerprint density at radius 1 is 1.29 bits per heavy atom. The van der Waals surface area contributed by atoms with E-state index in [0.717, 1.165) is 19.3 Å². The van der Waals surface area contributed by atoms with Gasteiger partial charge in [-0.25, -0.2) is 13.6 Å². The number of hydrogen-bond acceptors (Lipinski definition) is 1. The summed E-state index contributed by atoms with van der Waals surface area (Å²) in [5.41, 5.74) is 0.282. The van der Waals surface area contributed by atoms with Crippen LogP contribution in [0.2, 0.25) is 0 Å². The summed E-state index contributed by atoms with van der Waals surface area (Å²) in [5.74, 6) is -2.14. The Morgan fingerprint density at radius 3 is 2.41 bits per heavy atom. The van der Waals surface area contributed by atoms with Crippen LogP contribution < -0.4 is 0 Å². The third-order valence-electron chi connectivity index (χ3n) is 3.48. The van der Waals surface area contributed by atoms with Crippen molar-refractivity contribution < 1.29 is 18.7 Å². The molecule has 1 atom stereocenters. The van der Waals surface area contributed by atoms with Crippen molar-refractivity contribution in [3.05, 3.63) is 35.4 Å². The van der Waals surface area contributed by atoms with Crippen molar-refractivity contribution >= 4 is 5.97 Å². The van der Waals surface area contributed by atoms with Crippen LogP contribution in [0.25, 0.3) is 0 Å². The summed E-state index contributed by atoms with van der Waals surface area (Å²) in [6, 6.07) is 6.09. The van der Waals surface area contributed by atoms with Crippen LogP contribution in [0.15, 0.2) is 24.3 Å². The molecule has 92 valence electrons. The molecule has 1 aromatic carbocycles. The molecule has 2 nitrogen and oxygen atoms in total. The summed E-state index contributed by atoms with van der Waals surface area (Å²) < 4.78 is 26.2. The zero-order valence-corrected chi connectivity index (χ0v) is 9.27. The molecule has 0 radical (unpaired) electrons. The molecule has 0 heterocycles. The first-order chi connectivity index (χ1) is 8.11. The second-order valence-corrected chi connectivity index (χ2v) is 4.44. The molecule has 17 heavy (non-hydrogen) atoms. The molecule has 2 rings (SSSR count). The molecule has 1 aromatic rings. The van der Waals surface area contributed by atoms with Crippen LogP contribution in [0.4, 0.5) is 8.78 Å². The lowest BCUT2D eigenvalue weighted by atomic mass is 9.72. The minimum Gasteiger partial charge on any atom is -0.478 e. The van der Waals surface area contributed by atoms with Crippen LogP contribution in [0.1, 0.15) is 41.1 Å². The summed E-state index contributed by atoms with van der Waals surface area (Å²) in [6.45, 7) is 0.